The van der Waals surface area contributed by atoms with Crippen LogP contribution in [-0.2, 0) is 23.1 Å². The summed E-state index contributed by atoms with van der Waals surface area (Å²) >= 11 is 0. The fraction of sp³-hybridized carbons (Fsp3) is 0.238. The van der Waals surface area contributed by atoms with Crippen molar-refractivity contribution >= 4 is 26.7 Å². The Morgan fingerprint density at radius 1 is 1.16 bits per heavy atom. The van der Waals surface area contributed by atoms with Gasteiger partial charge in [-0.05, 0) is 36.2 Å². The minimum Gasteiger partial charge on any atom is -0.495 e. The van der Waals surface area contributed by atoms with Crippen LogP contribution in [-0.4, -0.2) is 42.6 Å². The molecule has 0 amide bonds. The number of aryl methyl sites for hydroxylation is 1. The van der Waals surface area contributed by atoms with Gasteiger partial charge in [-0.2, -0.15) is 10.2 Å². The molecule has 11 heteroatoms. The van der Waals surface area contributed by atoms with Gasteiger partial charge < -0.3 is 15.2 Å². The summed E-state index contributed by atoms with van der Waals surface area (Å²) in [5, 5.41) is 12.1. The molecule has 4 rings (SSSR count). The van der Waals surface area contributed by atoms with E-state index in [-0.39, 0.29) is 22.2 Å². The van der Waals surface area contributed by atoms with Crippen LogP contribution >= 0.6 is 0 Å². The number of rotatable bonds is 8. The molecule has 0 saturated carbocycles. The Kier molecular flexibility index (Phi) is 5.76. The van der Waals surface area contributed by atoms with Gasteiger partial charge in [0.05, 0.1) is 32.5 Å². The second kappa shape index (κ2) is 8.52. The van der Waals surface area contributed by atoms with Crippen LogP contribution in [0.4, 0.5) is 5.82 Å². The maximum absolute atomic E-state index is 13.2. The molecule has 2 heterocycles. The number of sulfonamides is 1. The van der Waals surface area contributed by atoms with Crippen LogP contribution < -0.4 is 19.9 Å². The number of ether oxygens (including phenoxy) is 2. The average molecular weight is 457 g/mol. The van der Waals surface area contributed by atoms with Crippen molar-refractivity contribution in [2.45, 2.75) is 24.9 Å². The lowest BCUT2D eigenvalue weighted by molar-refractivity contribution is 0.373. The average Bonchev–Trinajstić information content (AvgIpc) is 3.39. The van der Waals surface area contributed by atoms with Gasteiger partial charge in [-0.15, -0.1) is 0 Å². The number of methoxy groups -OCH3 is 2. The van der Waals surface area contributed by atoms with Gasteiger partial charge in [0.2, 0.25) is 0 Å². The monoisotopic (exact) mass is 456 g/mol. The summed E-state index contributed by atoms with van der Waals surface area (Å²) in [6.45, 7) is 2.88. The molecule has 4 N–H and O–H groups in total. The van der Waals surface area contributed by atoms with Gasteiger partial charge in [-0.25, -0.2) is 8.42 Å². The molecule has 2 aromatic heterocycles. The normalized spacial score (nSPS) is 11.6. The summed E-state index contributed by atoms with van der Waals surface area (Å²) in [6, 6.07) is 8.66. The summed E-state index contributed by atoms with van der Waals surface area (Å²) in [7, 11) is -1.24. The predicted molar refractivity (Wildman–Crippen MR) is 120 cm³/mol. The third kappa shape index (κ3) is 3.99. The molecule has 0 aliphatic heterocycles. The SMILES string of the molecule is COc1cccc(OC)c1S(=O)(=O)Nc1n[nH]c2cc(Cn3cc(CN)cn3)cc(C)c12. The highest BCUT2D eigenvalue weighted by Gasteiger charge is 2.26. The largest absolute Gasteiger partial charge is 0.495 e. The van der Waals surface area contributed by atoms with Crippen molar-refractivity contribution in [1.29, 1.82) is 0 Å². The Bertz CT molecular complexity index is 1350. The molecule has 2 aromatic carbocycles. The molecule has 0 atom stereocenters. The van der Waals surface area contributed by atoms with E-state index < -0.39 is 10.0 Å². The number of hydrogen-bond donors (Lipinski definition) is 3. The topological polar surface area (TPSA) is 137 Å². The molecule has 0 radical (unpaired) electrons. The van der Waals surface area contributed by atoms with Gasteiger partial charge in [0, 0.05) is 23.7 Å². The highest BCUT2D eigenvalue weighted by atomic mass is 32.2. The predicted octanol–water partition coefficient (Wildman–Crippen LogP) is 2.39. The first kappa shape index (κ1) is 21.7. The molecular formula is C21H24N6O4S. The molecule has 0 spiro atoms. The maximum atomic E-state index is 13.2. The number of aromatic nitrogens is 4. The van der Waals surface area contributed by atoms with Gasteiger partial charge in [-0.3, -0.25) is 14.5 Å². The van der Waals surface area contributed by atoms with E-state index >= 15 is 0 Å². The van der Waals surface area contributed by atoms with Crippen LogP contribution in [0.1, 0.15) is 16.7 Å². The Hall–Kier alpha value is -3.57. The first-order valence-corrected chi connectivity index (χ1v) is 11.3. The van der Waals surface area contributed by atoms with Gasteiger partial charge >= 0.3 is 0 Å². The van der Waals surface area contributed by atoms with Crippen molar-refractivity contribution in [2.75, 3.05) is 18.9 Å². The van der Waals surface area contributed by atoms with Crippen molar-refractivity contribution in [3.63, 3.8) is 0 Å². The van der Waals surface area contributed by atoms with Gasteiger partial charge in [-0.1, -0.05) is 12.1 Å². The lowest BCUT2D eigenvalue weighted by Gasteiger charge is -2.14. The minimum atomic E-state index is -4.04. The second-order valence-corrected chi connectivity index (χ2v) is 8.87. The second-order valence-electron chi connectivity index (χ2n) is 7.25. The smallest absolute Gasteiger partial charge is 0.270 e. The number of anilines is 1. The number of aromatic amines is 1. The van der Waals surface area contributed by atoms with Crippen molar-refractivity contribution in [1.82, 2.24) is 20.0 Å². The molecule has 0 saturated heterocycles. The van der Waals surface area contributed by atoms with Crippen molar-refractivity contribution in [3.05, 3.63) is 59.4 Å². The molecule has 32 heavy (non-hydrogen) atoms. The standard InChI is InChI=1S/C21H24N6O4S/c1-13-7-14(11-27-12-15(9-22)10-23-27)8-16-19(13)21(25-24-16)26-32(28,29)20-17(30-2)5-4-6-18(20)31-3/h4-8,10,12H,9,11,22H2,1-3H3,(H2,24,25,26). The van der Waals surface area contributed by atoms with E-state index in [1.807, 2.05) is 25.3 Å². The molecule has 0 aliphatic rings. The third-order valence-corrected chi connectivity index (χ3v) is 6.47. The van der Waals surface area contributed by atoms with Crippen molar-refractivity contribution < 1.29 is 17.9 Å². The van der Waals surface area contributed by atoms with Crippen LogP contribution in [0.5, 0.6) is 11.5 Å². The fourth-order valence-corrected chi connectivity index (χ4v) is 4.98. The number of nitrogens with two attached hydrogens (primary N) is 1. The number of nitrogens with zero attached hydrogens (tertiary/aromatic N) is 3. The first-order chi connectivity index (χ1) is 15.4. The lowest BCUT2D eigenvalue weighted by Crippen LogP contribution is -2.16. The third-order valence-electron chi connectivity index (χ3n) is 5.07. The van der Waals surface area contributed by atoms with Crippen LogP contribution in [0, 0.1) is 6.92 Å². The Labute approximate surface area is 185 Å². The number of benzene rings is 2. The van der Waals surface area contributed by atoms with Crippen molar-refractivity contribution in [2.24, 2.45) is 5.73 Å². The van der Waals surface area contributed by atoms with E-state index in [4.69, 9.17) is 15.2 Å². The number of fused-ring (bicyclic) bond motifs is 1. The summed E-state index contributed by atoms with van der Waals surface area (Å²) in [5.41, 5.74) is 9.16. The summed E-state index contributed by atoms with van der Waals surface area (Å²) in [4.78, 5) is -0.0928. The molecule has 0 unspecified atom stereocenters. The zero-order chi connectivity index (χ0) is 22.9. The van der Waals surface area contributed by atoms with Gasteiger partial charge in [0.15, 0.2) is 10.7 Å². The quantitative estimate of drug-likeness (QED) is 0.370. The summed E-state index contributed by atoms with van der Waals surface area (Å²) in [6.07, 6.45) is 3.63. The lowest BCUT2D eigenvalue weighted by atomic mass is 10.1. The van der Waals surface area contributed by atoms with E-state index in [9.17, 15) is 8.42 Å². The Morgan fingerprint density at radius 3 is 2.50 bits per heavy atom. The summed E-state index contributed by atoms with van der Waals surface area (Å²) < 4.78 is 41.3. The molecule has 0 aliphatic carbocycles. The van der Waals surface area contributed by atoms with Crippen LogP contribution in [0.25, 0.3) is 10.9 Å². The van der Waals surface area contributed by atoms with E-state index in [0.29, 0.717) is 24.0 Å². The number of hydrogen-bond acceptors (Lipinski definition) is 7. The van der Waals surface area contributed by atoms with E-state index in [0.717, 1.165) is 16.7 Å². The number of nitrogens with one attached hydrogen (secondary N) is 2. The highest BCUT2D eigenvalue weighted by Crippen LogP contribution is 2.35. The van der Waals surface area contributed by atoms with Crippen molar-refractivity contribution in [3.8, 4) is 11.5 Å². The zero-order valence-electron chi connectivity index (χ0n) is 17.9. The van der Waals surface area contributed by atoms with E-state index in [2.05, 4.69) is 20.0 Å². The van der Waals surface area contributed by atoms with Gasteiger partial charge in [0.1, 0.15) is 11.5 Å². The van der Waals surface area contributed by atoms with Gasteiger partial charge in [0.25, 0.3) is 10.0 Å². The van der Waals surface area contributed by atoms with Crippen LogP contribution in [0.3, 0.4) is 0 Å². The van der Waals surface area contributed by atoms with Crippen LogP contribution in [0.2, 0.25) is 0 Å². The molecule has 168 valence electrons. The Morgan fingerprint density at radius 2 is 1.88 bits per heavy atom. The molecule has 4 aromatic rings. The molecule has 0 fully saturated rings. The number of H-pyrrole nitrogens is 1. The van der Waals surface area contributed by atoms with E-state index in [1.165, 1.54) is 14.2 Å². The van der Waals surface area contributed by atoms with Crippen LogP contribution in [0.15, 0.2) is 47.6 Å². The fourth-order valence-electron chi connectivity index (χ4n) is 3.65. The molecule has 0 bridgehead atoms. The molecular weight excluding hydrogens is 432 g/mol. The van der Waals surface area contributed by atoms with E-state index in [1.54, 1.807) is 29.1 Å². The maximum Gasteiger partial charge on any atom is 0.270 e. The first-order valence-electron chi connectivity index (χ1n) is 9.79. The Balaban J connectivity index is 1.69. The highest BCUT2D eigenvalue weighted by molar-refractivity contribution is 7.93. The summed E-state index contributed by atoms with van der Waals surface area (Å²) in [5.74, 6) is 0.542. The minimum absolute atomic E-state index is 0.0928. The zero-order valence-corrected chi connectivity index (χ0v) is 18.7. The molecule has 10 nitrogen and oxygen atoms in total.